The molecule has 0 radical (unpaired) electrons. The highest BCUT2D eigenvalue weighted by atomic mass is 16.1. The number of aryl methyl sites for hydroxylation is 3. The Morgan fingerprint density at radius 3 is 2.33 bits per heavy atom. The SMILES string of the molecule is Cc1cc(C)cc(NC(=O)c2cc(NCCN(C)C)nc(C)n2)c1. The van der Waals surface area contributed by atoms with Crippen molar-refractivity contribution in [3.63, 3.8) is 0 Å². The van der Waals surface area contributed by atoms with Gasteiger partial charge in [-0.25, -0.2) is 9.97 Å². The van der Waals surface area contributed by atoms with Crippen molar-refractivity contribution in [3.05, 3.63) is 46.9 Å². The third kappa shape index (κ3) is 5.31. The molecule has 6 nitrogen and oxygen atoms in total. The molecule has 0 atom stereocenters. The van der Waals surface area contributed by atoms with Crippen molar-refractivity contribution >= 4 is 17.4 Å². The van der Waals surface area contributed by atoms with Crippen molar-refractivity contribution in [2.75, 3.05) is 37.8 Å². The van der Waals surface area contributed by atoms with Crippen molar-refractivity contribution in [2.45, 2.75) is 20.8 Å². The summed E-state index contributed by atoms with van der Waals surface area (Å²) in [5, 5.41) is 6.12. The second-order valence-corrected chi connectivity index (χ2v) is 6.25. The second-order valence-electron chi connectivity index (χ2n) is 6.25. The van der Waals surface area contributed by atoms with E-state index in [2.05, 4.69) is 31.6 Å². The Morgan fingerprint density at radius 2 is 1.71 bits per heavy atom. The fourth-order valence-electron chi connectivity index (χ4n) is 2.42. The van der Waals surface area contributed by atoms with E-state index in [4.69, 9.17) is 0 Å². The third-order valence-corrected chi connectivity index (χ3v) is 3.42. The average molecular weight is 327 g/mol. The average Bonchev–Trinajstić information content (AvgIpc) is 2.45. The molecule has 0 saturated heterocycles. The van der Waals surface area contributed by atoms with Gasteiger partial charge in [-0.05, 0) is 58.1 Å². The van der Waals surface area contributed by atoms with Crippen molar-refractivity contribution in [2.24, 2.45) is 0 Å². The standard InChI is InChI=1S/C18H25N5O/c1-12-8-13(2)10-15(9-12)22-18(24)16-11-17(21-14(3)20-16)19-6-7-23(4)5/h8-11H,6-7H2,1-5H3,(H,22,24)(H,19,20,21). The molecule has 0 aliphatic carbocycles. The highest BCUT2D eigenvalue weighted by molar-refractivity contribution is 6.03. The smallest absolute Gasteiger partial charge is 0.274 e. The molecular weight excluding hydrogens is 302 g/mol. The number of anilines is 2. The Kier molecular flexibility index (Phi) is 5.87. The summed E-state index contributed by atoms with van der Waals surface area (Å²) >= 11 is 0. The molecule has 2 N–H and O–H groups in total. The predicted octanol–water partition coefficient (Wildman–Crippen LogP) is 2.63. The lowest BCUT2D eigenvalue weighted by molar-refractivity contribution is 0.102. The Hall–Kier alpha value is -2.47. The van der Waals surface area contributed by atoms with Crippen LogP contribution in [0.2, 0.25) is 0 Å². The zero-order valence-corrected chi connectivity index (χ0v) is 15.0. The van der Waals surface area contributed by atoms with Gasteiger partial charge in [-0.15, -0.1) is 0 Å². The van der Waals surface area contributed by atoms with E-state index in [1.807, 2.05) is 40.1 Å². The van der Waals surface area contributed by atoms with E-state index < -0.39 is 0 Å². The zero-order valence-electron chi connectivity index (χ0n) is 15.0. The fraction of sp³-hybridized carbons (Fsp3) is 0.389. The molecule has 0 spiro atoms. The van der Waals surface area contributed by atoms with Gasteiger partial charge in [-0.1, -0.05) is 6.07 Å². The van der Waals surface area contributed by atoms with Crippen molar-refractivity contribution in [3.8, 4) is 0 Å². The molecule has 2 rings (SSSR count). The summed E-state index contributed by atoms with van der Waals surface area (Å²) < 4.78 is 0. The molecule has 6 heteroatoms. The van der Waals surface area contributed by atoms with Crippen LogP contribution in [-0.4, -0.2) is 48.0 Å². The van der Waals surface area contributed by atoms with Crippen LogP contribution >= 0.6 is 0 Å². The lowest BCUT2D eigenvalue weighted by Gasteiger charge is -2.12. The summed E-state index contributed by atoms with van der Waals surface area (Å²) in [6.45, 7) is 7.42. The van der Waals surface area contributed by atoms with Gasteiger partial charge in [-0.3, -0.25) is 4.79 Å². The number of hydrogen-bond donors (Lipinski definition) is 2. The lowest BCUT2D eigenvalue weighted by atomic mass is 10.1. The molecule has 1 aromatic carbocycles. The van der Waals surface area contributed by atoms with Crippen LogP contribution in [0.15, 0.2) is 24.3 Å². The molecule has 2 aromatic rings. The highest BCUT2D eigenvalue weighted by Gasteiger charge is 2.11. The highest BCUT2D eigenvalue weighted by Crippen LogP contribution is 2.15. The quantitative estimate of drug-likeness (QED) is 0.853. The second kappa shape index (κ2) is 7.88. The summed E-state index contributed by atoms with van der Waals surface area (Å²) in [5.41, 5.74) is 3.34. The molecule has 0 unspecified atom stereocenters. The molecule has 1 amide bonds. The number of hydrogen-bond acceptors (Lipinski definition) is 5. The van der Waals surface area contributed by atoms with Crippen LogP contribution in [0.1, 0.15) is 27.4 Å². The maximum atomic E-state index is 12.5. The van der Waals surface area contributed by atoms with Crippen LogP contribution in [0.4, 0.5) is 11.5 Å². The maximum absolute atomic E-state index is 12.5. The van der Waals surface area contributed by atoms with E-state index >= 15 is 0 Å². The van der Waals surface area contributed by atoms with Crippen LogP contribution in [0, 0.1) is 20.8 Å². The summed E-state index contributed by atoms with van der Waals surface area (Å²) in [7, 11) is 4.02. The first-order valence-electron chi connectivity index (χ1n) is 7.97. The van der Waals surface area contributed by atoms with E-state index in [-0.39, 0.29) is 5.91 Å². The minimum absolute atomic E-state index is 0.235. The van der Waals surface area contributed by atoms with E-state index in [0.717, 1.165) is 29.9 Å². The van der Waals surface area contributed by atoms with Gasteiger partial charge < -0.3 is 15.5 Å². The molecular formula is C18H25N5O. The Labute approximate surface area is 143 Å². The van der Waals surface area contributed by atoms with Gasteiger partial charge in [0.1, 0.15) is 17.3 Å². The lowest BCUT2D eigenvalue weighted by Crippen LogP contribution is -2.22. The van der Waals surface area contributed by atoms with Crippen LogP contribution in [0.5, 0.6) is 0 Å². The first-order valence-corrected chi connectivity index (χ1v) is 7.97. The van der Waals surface area contributed by atoms with Crippen LogP contribution < -0.4 is 10.6 Å². The van der Waals surface area contributed by atoms with Gasteiger partial charge in [0, 0.05) is 24.8 Å². The monoisotopic (exact) mass is 327 g/mol. The number of carbonyl (C=O) groups excluding carboxylic acids is 1. The number of rotatable bonds is 6. The van der Waals surface area contributed by atoms with Crippen molar-refractivity contribution in [1.82, 2.24) is 14.9 Å². The zero-order chi connectivity index (χ0) is 17.7. The summed E-state index contributed by atoms with van der Waals surface area (Å²) in [6, 6.07) is 7.63. The minimum atomic E-state index is -0.235. The molecule has 0 bridgehead atoms. The van der Waals surface area contributed by atoms with Crippen molar-refractivity contribution in [1.29, 1.82) is 0 Å². The first kappa shape index (κ1) is 17.9. The van der Waals surface area contributed by atoms with Gasteiger partial charge in [0.2, 0.25) is 0 Å². The van der Waals surface area contributed by atoms with Gasteiger partial charge in [0.15, 0.2) is 0 Å². The molecule has 0 aliphatic rings. The molecule has 0 saturated carbocycles. The fourth-order valence-corrected chi connectivity index (χ4v) is 2.42. The van der Waals surface area contributed by atoms with Crippen LogP contribution in [0.3, 0.4) is 0 Å². The van der Waals surface area contributed by atoms with Gasteiger partial charge in [0.05, 0.1) is 0 Å². The first-order chi connectivity index (χ1) is 11.3. The van der Waals surface area contributed by atoms with Gasteiger partial charge in [-0.2, -0.15) is 0 Å². The van der Waals surface area contributed by atoms with E-state index in [1.165, 1.54) is 0 Å². The van der Waals surface area contributed by atoms with E-state index in [1.54, 1.807) is 13.0 Å². The minimum Gasteiger partial charge on any atom is -0.369 e. The number of aromatic nitrogens is 2. The van der Waals surface area contributed by atoms with E-state index in [9.17, 15) is 4.79 Å². The van der Waals surface area contributed by atoms with Crippen LogP contribution in [-0.2, 0) is 0 Å². The molecule has 128 valence electrons. The number of benzene rings is 1. The Balaban J connectivity index is 2.12. The number of amides is 1. The van der Waals surface area contributed by atoms with Crippen LogP contribution in [0.25, 0.3) is 0 Å². The normalized spacial score (nSPS) is 10.8. The van der Waals surface area contributed by atoms with Gasteiger partial charge in [0.25, 0.3) is 5.91 Å². The molecule has 0 aliphatic heterocycles. The number of carbonyl (C=O) groups is 1. The Bertz CT molecular complexity index is 707. The van der Waals surface area contributed by atoms with Crippen molar-refractivity contribution < 1.29 is 4.79 Å². The summed E-state index contributed by atoms with van der Waals surface area (Å²) in [4.78, 5) is 23.1. The molecule has 0 fully saturated rings. The van der Waals surface area contributed by atoms with Gasteiger partial charge >= 0.3 is 0 Å². The maximum Gasteiger partial charge on any atom is 0.274 e. The third-order valence-electron chi connectivity index (χ3n) is 3.42. The Morgan fingerprint density at radius 1 is 1.04 bits per heavy atom. The number of nitrogens with zero attached hydrogens (tertiary/aromatic N) is 3. The number of likely N-dealkylation sites (N-methyl/N-ethyl adjacent to an activating group) is 1. The largest absolute Gasteiger partial charge is 0.369 e. The molecule has 1 heterocycles. The van der Waals surface area contributed by atoms with E-state index in [0.29, 0.717) is 17.3 Å². The molecule has 24 heavy (non-hydrogen) atoms. The predicted molar refractivity (Wildman–Crippen MR) is 97.7 cm³/mol. The summed E-state index contributed by atoms with van der Waals surface area (Å²) in [5.74, 6) is 0.992. The molecule has 1 aromatic heterocycles. The summed E-state index contributed by atoms with van der Waals surface area (Å²) in [6.07, 6.45) is 0. The number of nitrogens with one attached hydrogen (secondary N) is 2. The topological polar surface area (TPSA) is 70.2 Å².